The number of carbonyl (C=O) groups is 1. The van der Waals surface area contributed by atoms with Crippen molar-refractivity contribution in [1.82, 2.24) is 20.0 Å². The van der Waals surface area contributed by atoms with Gasteiger partial charge in [-0.2, -0.15) is 4.98 Å². The lowest BCUT2D eigenvalue weighted by atomic mass is 10.2. The van der Waals surface area contributed by atoms with E-state index in [1.165, 1.54) is 0 Å². The molecule has 3 aromatic rings. The normalized spacial score (nSPS) is 17.2. The highest BCUT2D eigenvalue weighted by Gasteiger charge is 2.27. The third-order valence-electron chi connectivity index (χ3n) is 4.44. The summed E-state index contributed by atoms with van der Waals surface area (Å²) in [5, 5.41) is 3.95. The number of furan rings is 1. The van der Waals surface area contributed by atoms with Crippen molar-refractivity contribution in [3.63, 3.8) is 0 Å². The van der Waals surface area contributed by atoms with Gasteiger partial charge in [0.2, 0.25) is 17.6 Å². The van der Waals surface area contributed by atoms with Crippen LogP contribution in [0.5, 0.6) is 0 Å². The Morgan fingerprint density at radius 3 is 3.04 bits per heavy atom. The molecule has 0 saturated carbocycles. The van der Waals surface area contributed by atoms with Gasteiger partial charge in [0.25, 0.3) is 0 Å². The minimum Gasteiger partial charge on any atom is -0.464 e. The monoisotopic (exact) mass is 368 g/mol. The fourth-order valence-electron chi connectivity index (χ4n) is 3.02. The van der Waals surface area contributed by atoms with Gasteiger partial charge < -0.3 is 18.6 Å². The molecule has 0 aliphatic carbocycles. The third kappa shape index (κ3) is 4.06. The molecule has 0 N–H and O–H groups in total. The molecule has 1 aliphatic heterocycles. The first-order valence-corrected chi connectivity index (χ1v) is 8.88. The molecule has 27 heavy (non-hydrogen) atoms. The summed E-state index contributed by atoms with van der Waals surface area (Å²) in [5.74, 6) is 2.53. The Balaban J connectivity index is 1.33. The van der Waals surface area contributed by atoms with Gasteiger partial charge >= 0.3 is 0 Å². The largest absolute Gasteiger partial charge is 0.464 e. The van der Waals surface area contributed by atoms with Gasteiger partial charge in [0.1, 0.15) is 17.6 Å². The fourth-order valence-corrected chi connectivity index (χ4v) is 3.02. The molecular formula is C19H20N4O4. The van der Waals surface area contributed by atoms with Crippen molar-refractivity contribution in [3.8, 4) is 11.4 Å². The molecule has 140 valence electrons. The lowest BCUT2D eigenvalue weighted by Gasteiger charge is -2.32. The minimum absolute atomic E-state index is 0.0349. The first-order chi connectivity index (χ1) is 13.2. The molecule has 1 atom stereocenters. The highest BCUT2D eigenvalue weighted by Crippen LogP contribution is 2.24. The van der Waals surface area contributed by atoms with Gasteiger partial charge in [0, 0.05) is 37.3 Å². The molecule has 1 saturated heterocycles. The van der Waals surface area contributed by atoms with Gasteiger partial charge in [-0.1, -0.05) is 5.16 Å². The van der Waals surface area contributed by atoms with Crippen LogP contribution >= 0.6 is 0 Å². The van der Waals surface area contributed by atoms with Crippen LogP contribution < -0.4 is 0 Å². The number of amides is 1. The topological polar surface area (TPSA) is 94.5 Å². The van der Waals surface area contributed by atoms with Crippen LogP contribution in [0.25, 0.3) is 11.4 Å². The highest BCUT2D eigenvalue weighted by molar-refractivity contribution is 5.76. The van der Waals surface area contributed by atoms with Gasteiger partial charge in [-0.25, -0.2) is 0 Å². The summed E-state index contributed by atoms with van der Waals surface area (Å²) < 4.78 is 16.6. The van der Waals surface area contributed by atoms with Crippen molar-refractivity contribution in [1.29, 1.82) is 0 Å². The lowest BCUT2D eigenvalue weighted by Crippen LogP contribution is -2.42. The molecule has 0 unspecified atom stereocenters. The van der Waals surface area contributed by atoms with Crippen molar-refractivity contribution < 1.29 is 18.5 Å². The Bertz CT molecular complexity index is 905. The standard InChI is InChI=1S/C19H20N4O4/c1-13-4-5-15(26-13)16-12-23(9-10-25-16)18(24)7-6-17-21-19(22-27-17)14-3-2-8-20-11-14/h2-5,8,11,16H,6-7,9-10,12H2,1H3/t16-/m0/s1. The van der Waals surface area contributed by atoms with Crippen molar-refractivity contribution in [2.24, 2.45) is 0 Å². The van der Waals surface area contributed by atoms with Crippen molar-refractivity contribution in [2.75, 3.05) is 19.7 Å². The molecule has 0 radical (unpaired) electrons. The number of nitrogens with zero attached hydrogens (tertiary/aromatic N) is 4. The minimum atomic E-state index is -0.225. The molecule has 0 spiro atoms. The summed E-state index contributed by atoms with van der Waals surface area (Å²) in [6, 6.07) is 7.46. The Morgan fingerprint density at radius 2 is 2.26 bits per heavy atom. The smallest absolute Gasteiger partial charge is 0.227 e. The van der Waals surface area contributed by atoms with Crippen molar-refractivity contribution in [3.05, 3.63) is 54.1 Å². The van der Waals surface area contributed by atoms with E-state index in [2.05, 4.69) is 15.1 Å². The van der Waals surface area contributed by atoms with Gasteiger partial charge in [-0.05, 0) is 31.2 Å². The molecule has 0 bridgehead atoms. The van der Waals surface area contributed by atoms with E-state index in [9.17, 15) is 4.79 Å². The van der Waals surface area contributed by atoms with E-state index in [1.807, 2.05) is 31.2 Å². The second-order valence-corrected chi connectivity index (χ2v) is 6.40. The van der Waals surface area contributed by atoms with Gasteiger partial charge in [0.15, 0.2) is 0 Å². The molecule has 4 heterocycles. The number of aromatic nitrogens is 3. The van der Waals surface area contributed by atoms with E-state index in [1.54, 1.807) is 17.3 Å². The summed E-state index contributed by atoms with van der Waals surface area (Å²) in [7, 11) is 0. The van der Waals surface area contributed by atoms with Gasteiger partial charge in [0.05, 0.1) is 13.2 Å². The predicted octanol–water partition coefficient (Wildman–Crippen LogP) is 2.57. The Morgan fingerprint density at radius 1 is 1.33 bits per heavy atom. The zero-order chi connectivity index (χ0) is 18.6. The van der Waals surface area contributed by atoms with E-state index >= 15 is 0 Å². The number of hydrogen-bond donors (Lipinski definition) is 0. The lowest BCUT2D eigenvalue weighted by molar-refractivity contribution is -0.139. The Hall–Kier alpha value is -3.00. The van der Waals surface area contributed by atoms with E-state index < -0.39 is 0 Å². The summed E-state index contributed by atoms with van der Waals surface area (Å²) >= 11 is 0. The number of rotatable bonds is 5. The summed E-state index contributed by atoms with van der Waals surface area (Å²) in [6.07, 6.45) is 3.83. The molecule has 4 rings (SSSR count). The van der Waals surface area contributed by atoms with Crippen LogP contribution in [0.3, 0.4) is 0 Å². The van der Waals surface area contributed by atoms with E-state index in [4.69, 9.17) is 13.7 Å². The van der Waals surface area contributed by atoms with Crippen LogP contribution in [0.1, 0.15) is 29.9 Å². The second-order valence-electron chi connectivity index (χ2n) is 6.40. The Kier molecular flexibility index (Phi) is 4.97. The maximum atomic E-state index is 12.6. The number of pyridine rings is 1. The molecule has 1 amide bonds. The third-order valence-corrected chi connectivity index (χ3v) is 4.44. The first kappa shape index (κ1) is 17.4. The summed E-state index contributed by atoms with van der Waals surface area (Å²) in [5.41, 5.74) is 0.781. The Labute approximate surface area is 156 Å². The van der Waals surface area contributed by atoms with E-state index in [0.29, 0.717) is 44.3 Å². The van der Waals surface area contributed by atoms with Crippen LogP contribution in [0.15, 0.2) is 45.6 Å². The van der Waals surface area contributed by atoms with Crippen LogP contribution in [0, 0.1) is 6.92 Å². The fraction of sp³-hybridized carbons (Fsp3) is 0.368. The number of ether oxygens (including phenoxy) is 1. The predicted molar refractivity (Wildman–Crippen MR) is 94.6 cm³/mol. The zero-order valence-corrected chi connectivity index (χ0v) is 15.0. The van der Waals surface area contributed by atoms with Crippen LogP contribution in [0.2, 0.25) is 0 Å². The zero-order valence-electron chi connectivity index (χ0n) is 15.0. The number of carbonyl (C=O) groups excluding carboxylic acids is 1. The molecule has 1 aliphatic rings. The van der Waals surface area contributed by atoms with Gasteiger partial charge in [-0.15, -0.1) is 0 Å². The maximum absolute atomic E-state index is 12.6. The molecule has 8 nitrogen and oxygen atoms in total. The molecule has 0 aromatic carbocycles. The van der Waals surface area contributed by atoms with Crippen molar-refractivity contribution in [2.45, 2.75) is 25.9 Å². The quantitative estimate of drug-likeness (QED) is 0.683. The molecule has 3 aromatic heterocycles. The molecular weight excluding hydrogens is 348 g/mol. The number of morpholine rings is 1. The van der Waals surface area contributed by atoms with Crippen LogP contribution in [-0.4, -0.2) is 45.6 Å². The summed E-state index contributed by atoms with van der Waals surface area (Å²) in [4.78, 5) is 22.7. The molecule has 8 heteroatoms. The van der Waals surface area contributed by atoms with Crippen molar-refractivity contribution >= 4 is 5.91 Å². The number of aryl methyl sites for hydroxylation is 2. The SMILES string of the molecule is Cc1ccc([C@@H]2CN(C(=O)CCc3nc(-c4cccnc4)no3)CCO2)o1. The van der Waals surface area contributed by atoms with E-state index in [0.717, 1.165) is 17.1 Å². The average Bonchev–Trinajstić information content (AvgIpc) is 3.36. The highest BCUT2D eigenvalue weighted by atomic mass is 16.5. The average molecular weight is 368 g/mol. The second kappa shape index (κ2) is 7.71. The maximum Gasteiger partial charge on any atom is 0.227 e. The first-order valence-electron chi connectivity index (χ1n) is 8.88. The van der Waals surface area contributed by atoms with E-state index in [-0.39, 0.29) is 12.0 Å². The molecule has 1 fully saturated rings. The van der Waals surface area contributed by atoms with Crippen LogP contribution in [-0.2, 0) is 16.0 Å². The number of hydrogen-bond acceptors (Lipinski definition) is 7. The summed E-state index contributed by atoms with van der Waals surface area (Å²) in [6.45, 7) is 3.43. The van der Waals surface area contributed by atoms with Gasteiger partial charge in [-0.3, -0.25) is 9.78 Å². The van der Waals surface area contributed by atoms with Crippen LogP contribution in [0.4, 0.5) is 0 Å².